The number of ether oxygens (including phenoxy) is 2. The molecule has 0 aromatic heterocycles. The van der Waals surface area contributed by atoms with E-state index in [4.69, 9.17) is 9.47 Å². The highest BCUT2D eigenvalue weighted by molar-refractivity contribution is 5.69. The number of hydrogen-bond acceptors (Lipinski definition) is 8. The Morgan fingerprint density at radius 2 is 1.20 bits per heavy atom. The van der Waals surface area contributed by atoms with Crippen LogP contribution in [0.5, 0.6) is 0 Å². The zero-order chi connectivity index (χ0) is 36.8. The summed E-state index contributed by atoms with van der Waals surface area (Å²) in [6.45, 7) is 6.34. The number of unbranched alkanes of at least 4 members (excludes halogenated alkanes) is 15. The molecule has 0 aromatic rings. The van der Waals surface area contributed by atoms with Crippen LogP contribution in [0.2, 0.25) is 0 Å². The summed E-state index contributed by atoms with van der Waals surface area (Å²) in [5.74, 6) is -0.217. The summed E-state index contributed by atoms with van der Waals surface area (Å²) in [6.07, 6.45) is 29.0. The third kappa shape index (κ3) is 25.3. The van der Waals surface area contributed by atoms with Crippen LogP contribution in [-0.4, -0.2) is 70.0 Å². The van der Waals surface area contributed by atoms with Crippen molar-refractivity contribution in [3.05, 3.63) is 24.3 Å². The third-order valence-electron chi connectivity index (χ3n) is 9.94. The van der Waals surface area contributed by atoms with Gasteiger partial charge in [-0.15, -0.1) is 0 Å². The quantitative estimate of drug-likeness (QED) is 0.0309. The number of carbonyl (C=O) groups is 2. The Hall–Kier alpha value is -1.74. The van der Waals surface area contributed by atoms with Crippen molar-refractivity contribution in [3.63, 3.8) is 0 Å². The van der Waals surface area contributed by atoms with Crippen molar-refractivity contribution in [2.45, 2.75) is 199 Å². The Morgan fingerprint density at radius 1 is 0.680 bits per heavy atom. The van der Waals surface area contributed by atoms with Crippen LogP contribution in [0.3, 0.4) is 0 Å². The van der Waals surface area contributed by atoms with Gasteiger partial charge in [0.25, 0.3) is 0 Å². The number of esters is 2. The van der Waals surface area contributed by atoms with E-state index in [2.05, 4.69) is 20.8 Å². The monoisotopic (exact) mass is 709 g/mol. The number of carbonyl (C=O) groups excluding carboxylic acids is 2. The molecule has 292 valence electrons. The minimum atomic E-state index is -1.04. The van der Waals surface area contributed by atoms with Gasteiger partial charge in [-0.3, -0.25) is 9.59 Å². The molecule has 1 aliphatic rings. The van der Waals surface area contributed by atoms with Gasteiger partial charge in [0.15, 0.2) is 0 Å². The van der Waals surface area contributed by atoms with Crippen molar-refractivity contribution in [3.8, 4) is 0 Å². The van der Waals surface area contributed by atoms with Crippen LogP contribution in [0, 0.1) is 17.8 Å². The summed E-state index contributed by atoms with van der Waals surface area (Å²) in [5.41, 5.74) is 0. The van der Waals surface area contributed by atoms with E-state index in [1.165, 1.54) is 70.6 Å². The van der Waals surface area contributed by atoms with E-state index in [1.54, 1.807) is 6.08 Å². The highest BCUT2D eigenvalue weighted by Crippen LogP contribution is 2.36. The van der Waals surface area contributed by atoms with E-state index in [0.29, 0.717) is 38.5 Å². The molecule has 4 N–H and O–H groups in total. The number of aliphatic hydroxyl groups is 4. The molecule has 1 rings (SSSR count). The van der Waals surface area contributed by atoms with Crippen LogP contribution in [0.4, 0.5) is 0 Å². The average Bonchev–Trinajstić information content (AvgIpc) is 3.35. The smallest absolute Gasteiger partial charge is 0.305 e. The van der Waals surface area contributed by atoms with Crippen molar-refractivity contribution >= 4 is 11.9 Å². The van der Waals surface area contributed by atoms with Crippen molar-refractivity contribution in [1.29, 1.82) is 0 Å². The normalized spacial score (nSPS) is 20.6. The molecular weight excluding hydrogens is 632 g/mol. The van der Waals surface area contributed by atoms with E-state index in [1.807, 2.05) is 18.2 Å². The fraction of sp³-hybridized carbons (Fsp3) is 0.857. The molecule has 0 amide bonds. The number of rotatable bonds is 32. The van der Waals surface area contributed by atoms with E-state index < -0.39 is 30.4 Å². The lowest BCUT2D eigenvalue weighted by molar-refractivity contribution is -0.152. The Labute approximate surface area is 305 Å². The molecule has 0 spiro atoms. The Morgan fingerprint density at radius 3 is 1.76 bits per heavy atom. The summed E-state index contributed by atoms with van der Waals surface area (Å²) >= 11 is 0. The lowest BCUT2D eigenvalue weighted by Gasteiger charge is -2.19. The minimum Gasteiger partial charge on any atom is -0.463 e. The second-order valence-electron chi connectivity index (χ2n) is 15.2. The first-order valence-electron chi connectivity index (χ1n) is 20.5. The summed E-state index contributed by atoms with van der Waals surface area (Å²) < 4.78 is 10.3. The van der Waals surface area contributed by atoms with Crippen molar-refractivity contribution in [1.82, 2.24) is 0 Å². The molecule has 0 aliphatic heterocycles. The molecule has 0 heterocycles. The number of aliphatic hydroxyl groups excluding tert-OH is 4. The first kappa shape index (κ1) is 46.3. The van der Waals surface area contributed by atoms with Gasteiger partial charge in [-0.2, -0.15) is 0 Å². The molecule has 0 radical (unpaired) electrons. The van der Waals surface area contributed by atoms with Gasteiger partial charge >= 0.3 is 11.9 Å². The van der Waals surface area contributed by atoms with Crippen LogP contribution in [0.1, 0.15) is 175 Å². The average molecular weight is 709 g/mol. The zero-order valence-corrected chi connectivity index (χ0v) is 32.2. The lowest BCUT2D eigenvalue weighted by atomic mass is 9.89. The highest BCUT2D eigenvalue weighted by Gasteiger charge is 2.39. The standard InChI is InChI=1S/C42H76O8/c1-4-5-19-25-35(43)29-30-38-37(39(45)31-40(38)46)26-21-17-18-23-28-42(48)50-33-36(44)32-49-41(47)27-22-16-14-12-10-8-6-7-9-11-13-15-20-24-34(2)3/h17,21,29-30,34-40,43-46H,4-16,18-20,22-28,31-33H2,1-3H3/b21-17+,30-29+/t35-,36+,37+,38+,39-,40+/m0/s1. The second kappa shape index (κ2) is 30.8. The Balaban J connectivity index is 2.02. The van der Waals surface area contributed by atoms with Crippen molar-refractivity contribution < 1.29 is 39.5 Å². The summed E-state index contributed by atoms with van der Waals surface area (Å²) in [6, 6.07) is 0. The van der Waals surface area contributed by atoms with Gasteiger partial charge in [-0.25, -0.2) is 0 Å². The Bertz CT molecular complexity index is 887. The van der Waals surface area contributed by atoms with E-state index in [0.717, 1.165) is 44.4 Å². The fourth-order valence-corrected chi connectivity index (χ4v) is 6.74. The lowest BCUT2D eigenvalue weighted by Crippen LogP contribution is -2.25. The van der Waals surface area contributed by atoms with Gasteiger partial charge in [0.2, 0.25) is 0 Å². The SMILES string of the molecule is CCCCC[C@H](O)/C=C/[C@@H]1[C@@H](C/C=C/CCCC(=O)OC[C@H](O)COC(=O)CCCCCCCCCCCCCCCC(C)C)[C@@H](O)C[C@H]1O. The van der Waals surface area contributed by atoms with Crippen molar-refractivity contribution in [2.75, 3.05) is 13.2 Å². The van der Waals surface area contributed by atoms with E-state index in [-0.39, 0.29) is 37.4 Å². The van der Waals surface area contributed by atoms with Crippen LogP contribution < -0.4 is 0 Å². The molecule has 0 saturated heterocycles. The molecule has 0 bridgehead atoms. The molecule has 1 saturated carbocycles. The van der Waals surface area contributed by atoms with Gasteiger partial charge in [0, 0.05) is 25.2 Å². The van der Waals surface area contributed by atoms with E-state index >= 15 is 0 Å². The summed E-state index contributed by atoms with van der Waals surface area (Å²) in [5, 5.41) is 41.1. The first-order chi connectivity index (χ1) is 24.1. The van der Waals surface area contributed by atoms with Crippen LogP contribution >= 0.6 is 0 Å². The Kier molecular flexibility index (Phi) is 28.6. The molecule has 1 aliphatic carbocycles. The molecule has 0 aromatic carbocycles. The summed E-state index contributed by atoms with van der Waals surface area (Å²) in [7, 11) is 0. The van der Waals surface area contributed by atoms with Gasteiger partial charge in [-0.1, -0.05) is 148 Å². The van der Waals surface area contributed by atoms with E-state index in [9.17, 15) is 30.0 Å². The molecule has 1 fully saturated rings. The number of allylic oxidation sites excluding steroid dienone is 2. The highest BCUT2D eigenvalue weighted by atomic mass is 16.6. The van der Waals surface area contributed by atoms with Gasteiger partial charge in [0.05, 0.1) is 18.3 Å². The first-order valence-corrected chi connectivity index (χ1v) is 20.5. The van der Waals surface area contributed by atoms with Gasteiger partial charge < -0.3 is 29.9 Å². The predicted molar refractivity (Wildman–Crippen MR) is 203 cm³/mol. The molecule has 0 unspecified atom stereocenters. The molecule has 8 heteroatoms. The minimum absolute atomic E-state index is 0.116. The maximum atomic E-state index is 12.1. The maximum Gasteiger partial charge on any atom is 0.305 e. The van der Waals surface area contributed by atoms with Crippen LogP contribution in [-0.2, 0) is 19.1 Å². The zero-order valence-electron chi connectivity index (χ0n) is 32.2. The maximum absolute atomic E-state index is 12.1. The van der Waals surface area contributed by atoms with Crippen LogP contribution in [0.25, 0.3) is 0 Å². The second-order valence-corrected chi connectivity index (χ2v) is 15.2. The molecular formula is C42H76O8. The third-order valence-corrected chi connectivity index (χ3v) is 9.94. The summed E-state index contributed by atoms with van der Waals surface area (Å²) in [4.78, 5) is 24.1. The molecule has 6 atom stereocenters. The van der Waals surface area contributed by atoms with Crippen molar-refractivity contribution in [2.24, 2.45) is 17.8 Å². The number of hydrogen-bond donors (Lipinski definition) is 4. The molecule has 8 nitrogen and oxygen atoms in total. The van der Waals surface area contributed by atoms with Crippen LogP contribution in [0.15, 0.2) is 24.3 Å². The predicted octanol–water partition coefficient (Wildman–Crippen LogP) is 8.91. The van der Waals surface area contributed by atoms with Gasteiger partial charge in [0.1, 0.15) is 19.3 Å². The fourth-order valence-electron chi connectivity index (χ4n) is 6.74. The molecule has 50 heavy (non-hydrogen) atoms. The van der Waals surface area contributed by atoms with Gasteiger partial charge in [-0.05, 0) is 43.9 Å². The largest absolute Gasteiger partial charge is 0.463 e. The topological polar surface area (TPSA) is 134 Å².